The molecule has 1 N–H and O–H groups in total. The fourth-order valence-electron chi connectivity index (χ4n) is 2.73. The molecule has 5 nitrogen and oxygen atoms in total. The molecule has 0 radical (unpaired) electrons. The Bertz CT molecular complexity index is 801. The van der Waals surface area contributed by atoms with Crippen molar-refractivity contribution in [1.82, 2.24) is 19.9 Å². The molecule has 21 heavy (non-hydrogen) atoms. The maximum absolute atomic E-state index is 12.4. The van der Waals surface area contributed by atoms with Gasteiger partial charge in [-0.3, -0.25) is 4.79 Å². The number of aromatic nitrogens is 3. The van der Waals surface area contributed by atoms with E-state index in [0.29, 0.717) is 5.69 Å². The van der Waals surface area contributed by atoms with Gasteiger partial charge in [0.1, 0.15) is 16.3 Å². The van der Waals surface area contributed by atoms with E-state index in [9.17, 15) is 4.79 Å². The molecular formula is C15H14N4OS. The van der Waals surface area contributed by atoms with E-state index in [1.165, 1.54) is 11.3 Å². The van der Waals surface area contributed by atoms with E-state index in [0.717, 1.165) is 47.5 Å². The minimum Gasteiger partial charge on any atom is -0.346 e. The van der Waals surface area contributed by atoms with Crippen LogP contribution in [0.4, 0.5) is 0 Å². The molecule has 1 amide bonds. The second kappa shape index (κ2) is 4.96. The molecule has 1 aliphatic heterocycles. The SMILES string of the molecule is O=C(c1csc(-c2ccnc3[nH]ccc23)n1)N1CCCC1. The average Bonchev–Trinajstić information content (AvgIpc) is 3.25. The molecule has 0 unspecified atom stereocenters. The zero-order valence-electron chi connectivity index (χ0n) is 11.4. The van der Waals surface area contributed by atoms with Crippen molar-refractivity contribution in [3.05, 3.63) is 35.6 Å². The Kier molecular flexibility index (Phi) is 2.96. The molecule has 1 aliphatic rings. The van der Waals surface area contributed by atoms with Crippen LogP contribution in [0.3, 0.4) is 0 Å². The van der Waals surface area contributed by atoms with Crippen molar-refractivity contribution in [2.24, 2.45) is 0 Å². The first kappa shape index (κ1) is 12.5. The first-order valence-corrected chi connectivity index (χ1v) is 7.88. The summed E-state index contributed by atoms with van der Waals surface area (Å²) in [6.45, 7) is 1.70. The van der Waals surface area contributed by atoms with Gasteiger partial charge in [-0.2, -0.15) is 0 Å². The summed E-state index contributed by atoms with van der Waals surface area (Å²) in [6, 6.07) is 3.93. The minimum absolute atomic E-state index is 0.0503. The molecule has 1 fully saturated rings. The summed E-state index contributed by atoms with van der Waals surface area (Å²) in [5.74, 6) is 0.0503. The van der Waals surface area contributed by atoms with Crippen LogP contribution in [-0.2, 0) is 0 Å². The molecule has 0 aliphatic carbocycles. The van der Waals surface area contributed by atoms with Crippen LogP contribution in [0.15, 0.2) is 29.9 Å². The Hall–Kier alpha value is -2.21. The summed E-state index contributed by atoms with van der Waals surface area (Å²) < 4.78 is 0. The van der Waals surface area contributed by atoms with Gasteiger partial charge in [-0.25, -0.2) is 9.97 Å². The number of thiazole rings is 1. The molecular weight excluding hydrogens is 284 g/mol. The lowest BCUT2D eigenvalue weighted by molar-refractivity contribution is 0.0788. The van der Waals surface area contributed by atoms with Gasteiger partial charge in [-0.15, -0.1) is 11.3 Å². The first-order chi connectivity index (χ1) is 10.3. The summed E-state index contributed by atoms with van der Waals surface area (Å²) in [5.41, 5.74) is 2.42. The van der Waals surface area contributed by atoms with Crippen LogP contribution in [0.25, 0.3) is 21.6 Å². The highest BCUT2D eigenvalue weighted by atomic mass is 32.1. The van der Waals surface area contributed by atoms with E-state index in [2.05, 4.69) is 15.0 Å². The topological polar surface area (TPSA) is 61.9 Å². The monoisotopic (exact) mass is 298 g/mol. The fourth-order valence-corrected chi connectivity index (χ4v) is 3.56. The van der Waals surface area contributed by atoms with Crippen LogP contribution in [0.2, 0.25) is 0 Å². The molecule has 0 bridgehead atoms. The highest BCUT2D eigenvalue weighted by Gasteiger charge is 2.22. The molecule has 4 rings (SSSR count). The molecule has 0 atom stereocenters. The molecule has 3 aromatic heterocycles. The van der Waals surface area contributed by atoms with E-state index >= 15 is 0 Å². The Labute approximate surface area is 125 Å². The van der Waals surface area contributed by atoms with Gasteiger partial charge in [0.05, 0.1) is 0 Å². The molecule has 0 spiro atoms. The van der Waals surface area contributed by atoms with Gasteiger partial charge in [-0.1, -0.05) is 0 Å². The van der Waals surface area contributed by atoms with Crippen molar-refractivity contribution >= 4 is 28.3 Å². The number of rotatable bonds is 2. The first-order valence-electron chi connectivity index (χ1n) is 7.00. The van der Waals surface area contributed by atoms with Gasteiger partial charge in [0.25, 0.3) is 5.91 Å². The van der Waals surface area contributed by atoms with Crippen LogP contribution in [-0.4, -0.2) is 38.8 Å². The Morgan fingerprint density at radius 2 is 2.14 bits per heavy atom. The zero-order valence-corrected chi connectivity index (χ0v) is 12.2. The predicted octanol–water partition coefficient (Wildman–Crippen LogP) is 2.92. The number of pyridine rings is 1. The van der Waals surface area contributed by atoms with Crippen LogP contribution in [0.1, 0.15) is 23.3 Å². The van der Waals surface area contributed by atoms with Crippen molar-refractivity contribution in [2.45, 2.75) is 12.8 Å². The standard InChI is InChI=1S/C15H14N4OS/c20-15(19-7-1-2-8-19)12-9-21-14(18-12)11-4-6-17-13-10(11)3-5-16-13/h3-6,9H,1-2,7-8H2,(H,16,17). The van der Waals surface area contributed by atoms with Crippen LogP contribution in [0.5, 0.6) is 0 Å². The smallest absolute Gasteiger partial charge is 0.273 e. The minimum atomic E-state index is 0.0503. The summed E-state index contributed by atoms with van der Waals surface area (Å²) in [5, 5.41) is 3.76. The second-order valence-corrected chi connectivity index (χ2v) is 5.99. The molecule has 3 aromatic rings. The van der Waals surface area contributed by atoms with Crippen LogP contribution >= 0.6 is 11.3 Å². The van der Waals surface area contributed by atoms with Gasteiger partial charge in [-0.05, 0) is 25.0 Å². The third-order valence-corrected chi connectivity index (χ3v) is 4.68. The van der Waals surface area contributed by atoms with Gasteiger partial charge in [0.2, 0.25) is 0 Å². The van der Waals surface area contributed by atoms with Crippen molar-refractivity contribution in [1.29, 1.82) is 0 Å². The van der Waals surface area contributed by atoms with Crippen molar-refractivity contribution in [2.75, 3.05) is 13.1 Å². The average molecular weight is 298 g/mol. The Morgan fingerprint density at radius 3 is 3.00 bits per heavy atom. The molecule has 0 aromatic carbocycles. The zero-order chi connectivity index (χ0) is 14.2. The fraction of sp³-hybridized carbons (Fsp3) is 0.267. The number of nitrogens with zero attached hydrogens (tertiary/aromatic N) is 3. The van der Waals surface area contributed by atoms with E-state index in [1.807, 2.05) is 28.6 Å². The van der Waals surface area contributed by atoms with Crippen molar-refractivity contribution in [3.63, 3.8) is 0 Å². The maximum atomic E-state index is 12.4. The third-order valence-electron chi connectivity index (χ3n) is 3.81. The van der Waals surface area contributed by atoms with Gasteiger partial charge >= 0.3 is 0 Å². The number of carbonyl (C=O) groups excluding carboxylic acids is 1. The van der Waals surface area contributed by atoms with Crippen LogP contribution < -0.4 is 0 Å². The number of fused-ring (bicyclic) bond motifs is 1. The maximum Gasteiger partial charge on any atom is 0.273 e. The molecule has 4 heterocycles. The van der Waals surface area contributed by atoms with Gasteiger partial charge < -0.3 is 9.88 Å². The summed E-state index contributed by atoms with van der Waals surface area (Å²) >= 11 is 1.51. The summed E-state index contributed by atoms with van der Waals surface area (Å²) in [7, 11) is 0. The Balaban J connectivity index is 1.71. The number of amides is 1. The van der Waals surface area contributed by atoms with Gasteiger partial charge in [0, 0.05) is 41.8 Å². The van der Waals surface area contributed by atoms with E-state index in [1.54, 1.807) is 6.20 Å². The number of hydrogen-bond acceptors (Lipinski definition) is 4. The van der Waals surface area contributed by atoms with E-state index in [-0.39, 0.29) is 5.91 Å². The molecule has 6 heteroatoms. The number of carbonyl (C=O) groups is 1. The quantitative estimate of drug-likeness (QED) is 0.791. The lowest BCUT2D eigenvalue weighted by Crippen LogP contribution is -2.27. The number of likely N-dealkylation sites (tertiary alicyclic amines) is 1. The van der Waals surface area contributed by atoms with Crippen molar-refractivity contribution < 1.29 is 4.79 Å². The largest absolute Gasteiger partial charge is 0.346 e. The number of hydrogen-bond donors (Lipinski definition) is 1. The summed E-state index contributed by atoms with van der Waals surface area (Å²) in [6.07, 6.45) is 5.82. The number of aromatic amines is 1. The lowest BCUT2D eigenvalue weighted by Gasteiger charge is -2.12. The number of nitrogens with one attached hydrogen (secondary N) is 1. The van der Waals surface area contributed by atoms with E-state index < -0.39 is 0 Å². The molecule has 1 saturated heterocycles. The highest BCUT2D eigenvalue weighted by Crippen LogP contribution is 2.30. The van der Waals surface area contributed by atoms with E-state index in [4.69, 9.17) is 0 Å². The summed E-state index contributed by atoms with van der Waals surface area (Å²) in [4.78, 5) is 26.2. The second-order valence-electron chi connectivity index (χ2n) is 5.14. The lowest BCUT2D eigenvalue weighted by atomic mass is 10.2. The molecule has 0 saturated carbocycles. The normalized spacial score (nSPS) is 15.0. The van der Waals surface area contributed by atoms with Crippen LogP contribution in [0, 0.1) is 0 Å². The van der Waals surface area contributed by atoms with Gasteiger partial charge in [0.15, 0.2) is 0 Å². The third kappa shape index (κ3) is 2.12. The number of H-pyrrole nitrogens is 1. The predicted molar refractivity (Wildman–Crippen MR) is 82.3 cm³/mol. The Morgan fingerprint density at radius 1 is 1.29 bits per heavy atom. The molecule has 106 valence electrons. The highest BCUT2D eigenvalue weighted by molar-refractivity contribution is 7.13. The van der Waals surface area contributed by atoms with Crippen molar-refractivity contribution in [3.8, 4) is 10.6 Å².